The van der Waals surface area contributed by atoms with Crippen LogP contribution in [0.3, 0.4) is 0 Å². The van der Waals surface area contributed by atoms with Gasteiger partial charge in [-0.2, -0.15) is 0 Å². The van der Waals surface area contributed by atoms with Gasteiger partial charge in [-0.3, -0.25) is 0 Å². The standard InChI is InChI=1S/C39H25N3S/c1-4-11-26(12-5-1)29-17-10-18-31(23-29)38-40-37(28-15-8-3-9-16-28)41-39(42-38)32-20-22-34-33-21-19-30(27-13-6-2-7-14-27)24-35(33)43-36(34)25-32/h1-25H. The molecular weight excluding hydrogens is 543 g/mol. The molecular formula is C39H25N3S. The number of rotatable bonds is 5. The SMILES string of the molecule is c1ccc(-c2cccc(-c3nc(-c4ccccc4)nc(-c4ccc5c(c4)sc4cc(-c6ccccc6)ccc45)n3)c2)cc1. The fourth-order valence-corrected chi connectivity index (χ4v) is 6.73. The highest BCUT2D eigenvalue weighted by Crippen LogP contribution is 2.38. The lowest BCUT2D eigenvalue weighted by atomic mass is 10.0. The number of aromatic nitrogens is 3. The van der Waals surface area contributed by atoms with Gasteiger partial charge in [0.25, 0.3) is 0 Å². The summed E-state index contributed by atoms with van der Waals surface area (Å²) in [6.45, 7) is 0. The Morgan fingerprint density at radius 3 is 1.28 bits per heavy atom. The highest BCUT2D eigenvalue weighted by atomic mass is 32.1. The van der Waals surface area contributed by atoms with Crippen molar-refractivity contribution >= 4 is 31.5 Å². The fraction of sp³-hybridized carbons (Fsp3) is 0. The molecule has 0 N–H and O–H groups in total. The van der Waals surface area contributed by atoms with E-state index in [9.17, 15) is 0 Å². The zero-order valence-corrected chi connectivity index (χ0v) is 24.0. The number of hydrogen-bond donors (Lipinski definition) is 0. The molecule has 202 valence electrons. The molecule has 0 atom stereocenters. The molecule has 0 amide bonds. The summed E-state index contributed by atoms with van der Waals surface area (Å²) >= 11 is 1.81. The Balaban J connectivity index is 1.25. The maximum absolute atomic E-state index is 5.03. The second-order valence-electron chi connectivity index (χ2n) is 10.5. The van der Waals surface area contributed by atoms with Gasteiger partial charge in [0.05, 0.1) is 0 Å². The van der Waals surface area contributed by atoms with Crippen LogP contribution < -0.4 is 0 Å². The van der Waals surface area contributed by atoms with E-state index in [0.717, 1.165) is 27.8 Å². The lowest BCUT2D eigenvalue weighted by Crippen LogP contribution is -2.00. The highest BCUT2D eigenvalue weighted by molar-refractivity contribution is 7.25. The predicted molar refractivity (Wildman–Crippen MR) is 180 cm³/mol. The third-order valence-electron chi connectivity index (χ3n) is 7.73. The first kappa shape index (κ1) is 25.3. The Labute approximate surface area is 253 Å². The molecule has 0 fully saturated rings. The van der Waals surface area contributed by atoms with Crippen molar-refractivity contribution in [2.24, 2.45) is 0 Å². The van der Waals surface area contributed by atoms with Crippen molar-refractivity contribution in [3.63, 3.8) is 0 Å². The minimum atomic E-state index is 0.658. The molecule has 0 spiro atoms. The van der Waals surface area contributed by atoms with Gasteiger partial charge in [0, 0.05) is 36.9 Å². The van der Waals surface area contributed by atoms with Crippen LogP contribution in [0.5, 0.6) is 0 Å². The van der Waals surface area contributed by atoms with Crippen molar-refractivity contribution in [1.82, 2.24) is 15.0 Å². The van der Waals surface area contributed by atoms with E-state index in [1.165, 1.54) is 31.3 Å². The van der Waals surface area contributed by atoms with Gasteiger partial charge in [-0.15, -0.1) is 11.3 Å². The molecule has 3 nitrogen and oxygen atoms in total. The Hall–Kier alpha value is -5.45. The minimum absolute atomic E-state index is 0.658. The van der Waals surface area contributed by atoms with Crippen molar-refractivity contribution in [3.05, 3.63) is 152 Å². The molecule has 0 aliphatic carbocycles. The quantitative estimate of drug-likeness (QED) is 0.208. The monoisotopic (exact) mass is 567 g/mol. The molecule has 2 heterocycles. The van der Waals surface area contributed by atoms with Crippen LogP contribution in [0.2, 0.25) is 0 Å². The molecule has 0 radical (unpaired) electrons. The van der Waals surface area contributed by atoms with E-state index in [1.54, 1.807) is 0 Å². The van der Waals surface area contributed by atoms with Crippen molar-refractivity contribution < 1.29 is 0 Å². The molecule has 0 saturated carbocycles. The third kappa shape index (κ3) is 4.88. The van der Waals surface area contributed by atoms with E-state index in [1.807, 2.05) is 47.7 Å². The Kier molecular flexibility index (Phi) is 6.32. The second-order valence-corrected chi connectivity index (χ2v) is 11.6. The fourth-order valence-electron chi connectivity index (χ4n) is 5.55. The van der Waals surface area contributed by atoms with E-state index >= 15 is 0 Å². The second kappa shape index (κ2) is 10.8. The van der Waals surface area contributed by atoms with Gasteiger partial charge in [0.2, 0.25) is 0 Å². The van der Waals surface area contributed by atoms with Crippen LogP contribution in [-0.4, -0.2) is 15.0 Å². The minimum Gasteiger partial charge on any atom is -0.208 e. The maximum Gasteiger partial charge on any atom is 0.164 e. The van der Waals surface area contributed by atoms with Crippen molar-refractivity contribution in [1.29, 1.82) is 0 Å². The Morgan fingerprint density at radius 1 is 0.302 bits per heavy atom. The molecule has 0 aliphatic rings. The van der Waals surface area contributed by atoms with Gasteiger partial charge in [-0.25, -0.2) is 15.0 Å². The van der Waals surface area contributed by atoms with E-state index < -0.39 is 0 Å². The van der Waals surface area contributed by atoms with Gasteiger partial charge in [0.1, 0.15) is 0 Å². The smallest absolute Gasteiger partial charge is 0.164 e. The highest BCUT2D eigenvalue weighted by Gasteiger charge is 2.15. The summed E-state index contributed by atoms with van der Waals surface area (Å²) < 4.78 is 2.49. The number of nitrogens with zero attached hydrogens (tertiary/aromatic N) is 3. The number of benzene rings is 6. The molecule has 0 aliphatic heterocycles. The summed E-state index contributed by atoms with van der Waals surface area (Å²) in [7, 11) is 0. The predicted octanol–water partition coefficient (Wildman–Crippen LogP) is 10.6. The van der Waals surface area contributed by atoms with Gasteiger partial charge in [0.15, 0.2) is 17.5 Å². The zero-order chi connectivity index (χ0) is 28.6. The summed E-state index contributed by atoms with van der Waals surface area (Å²) in [5, 5.41) is 2.52. The van der Waals surface area contributed by atoms with Crippen LogP contribution in [0.4, 0.5) is 0 Å². The van der Waals surface area contributed by atoms with Crippen LogP contribution in [0, 0.1) is 0 Å². The van der Waals surface area contributed by atoms with Gasteiger partial charge in [-0.1, -0.05) is 133 Å². The van der Waals surface area contributed by atoms with E-state index in [4.69, 9.17) is 15.0 Å². The molecule has 6 aromatic carbocycles. The number of hydrogen-bond acceptors (Lipinski definition) is 4. The van der Waals surface area contributed by atoms with Gasteiger partial charge >= 0.3 is 0 Å². The lowest BCUT2D eigenvalue weighted by Gasteiger charge is -2.10. The van der Waals surface area contributed by atoms with Crippen LogP contribution in [0.25, 0.3) is 76.6 Å². The lowest BCUT2D eigenvalue weighted by molar-refractivity contribution is 1.07. The first-order chi connectivity index (χ1) is 21.3. The summed E-state index contributed by atoms with van der Waals surface area (Å²) in [6, 6.07) is 52.8. The molecule has 4 heteroatoms. The third-order valence-corrected chi connectivity index (χ3v) is 8.85. The van der Waals surface area contributed by atoms with Crippen molar-refractivity contribution in [3.8, 4) is 56.4 Å². The average Bonchev–Trinajstić information content (AvgIpc) is 3.46. The summed E-state index contributed by atoms with van der Waals surface area (Å²) in [5.74, 6) is 1.98. The van der Waals surface area contributed by atoms with E-state index in [-0.39, 0.29) is 0 Å². The molecule has 0 unspecified atom stereocenters. The first-order valence-corrected chi connectivity index (χ1v) is 15.1. The average molecular weight is 568 g/mol. The van der Waals surface area contributed by atoms with Crippen molar-refractivity contribution in [2.45, 2.75) is 0 Å². The Morgan fingerprint density at radius 2 is 0.698 bits per heavy atom. The summed E-state index contributed by atoms with van der Waals surface area (Å²) in [4.78, 5) is 15.0. The van der Waals surface area contributed by atoms with E-state index in [0.29, 0.717) is 17.5 Å². The molecule has 2 aromatic heterocycles. The van der Waals surface area contributed by atoms with Gasteiger partial charge < -0.3 is 0 Å². The molecule has 0 bridgehead atoms. The molecule has 0 saturated heterocycles. The van der Waals surface area contributed by atoms with Crippen LogP contribution >= 0.6 is 11.3 Å². The van der Waals surface area contributed by atoms with Crippen molar-refractivity contribution in [2.75, 3.05) is 0 Å². The number of thiophene rings is 1. The van der Waals surface area contributed by atoms with Crippen LogP contribution in [0.1, 0.15) is 0 Å². The number of fused-ring (bicyclic) bond motifs is 3. The largest absolute Gasteiger partial charge is 0.208 e. The van der Waals surface area contributed by atoms with E-state index in [2.05, 4.69) is 115 Å². The topological polar surface area (TPSA) is 38.7 Å². The maximum atomic E-state index is 5.03. The Bertz CT molecular complexity index is 2220. The van der Waals surface area contributed by atoms with Crippen LogP contribution in [-0.2, 0) is 0 Å². The summed E-state index contributed by atoms with van der Waals surface area (Å²) in [5.41, 5.74) is 7.64. The molecule has 8 aromatic rings. The normalized spacial score (nSPS) is 11.3. The molecule has 43 heavy (non-hydrogen) atoms. The molecule has 8 rings (SSSR count). The summed E-state index contributed by atoms with van der Waals surface area (Å²) in [6.07, 6.45) is 0. The van der Waals surface area contributed by atoms with Gasteiger partial charge in [-0.05, 0) is 40.5 Å². The first-order valence-electron chi connectivity index (χ1n) is 14.3. The zero-order valence-electron chi connectivity index (χ0n) is 23.2. The van der Waals surface area contributed by atoms with Crippen LogP contribution in [0.15, 0.2) is 152 Å².